The molecule has 0 radical (unpaired) electrons. The smallest absolute Gasteiger partial charge is 0.133 e. The molecule has 6 heteroatoms. The lowest BCUT2D eigenvalue weighted by Gasteiger charge is -2.10. The average molecular weight is 281 g/mol. The Balaban J connectivity index is 2.40. The summed E-state index contributed by atoms with van der Waals surface area (Å²) in [5, 5.41) is 5.31. The van der Waals surface area contributed by atoms with Gasteiger partial charge in [-0.1, -0.05) is 11.6 Å². The summed E-state index contributed by atoms with van der Waals surface area (Å²) in [6, 6.07) is 3.63. The highest BCUT2D eigenvalue weighted by Crippen LogP contribution is 2.33. The molecule has 0 unspecified atom stereocenters. The summed E-state index contributed by atoms with van der Waals surface area (Å²) >= 11 is 7.55. The summed E-state index contributed by atoms with van der Waals surface area (Å²) in [4.78, 5) is 13.0. The number of nitrogens with one attached hydrogen (secondary N) is 1. The first kappa shape index (κ1) is 13.1. The molecule has 0 aliphatic heterocycles. The van der Waals surface area contributed by atoms with Crippen molar-refractivity contribution >= 4 is 29.2 Å². The minimum Gasteiger partial charge on any atom is -0.373 e. The Morgan fingerprint density at radius 1 is 1.22 bits per heavy atom. The van der Waals surface area contributed by atoms with Crippen molar-refractivity contribution in [1.29, 1.82) is 0 Å². The van der Waals surface area contributed by atoms with Crippen LogP contribution in [0.15, 0.2) is 28.4 Å². The standard InChI is InChI=1S/C12H13ClN4S/c1-7-10(14-3)16-8(2)17-11(7)18-12-9(13)5-4-6-15-12/h4-6H,1-3H3,(H,14,16,17). The maximum atomic E-state index is 6.10. The summed E-state index contributed by atoms with van der Waals surface area (Å²) in [7, 11) is 1.84. The predicted molar refractivity (Wildman–Crippen MR) is 74.4 cm³/mol. The molecular formula is C12H13ClN4S. The molecule has 18 heavy (non-hydrogen) atoms. The molecule has 0 saturated carbocycles. The third kappa shape index (κ3) is 2.73. The average Bonchev–Trinajstić information content (AvgIpc) is 2.36. The zero-order valence-electron chi connectivity index (χ0n) is 10.4. The maximum absolute atomic E-state index is 6.10. The van der Waals surface area contributed by atoms with Crippen LogP contribution in [0, 0.1) is 13.8 Å². The molecule has 0 aliphatic rings. The fourth-order valence-corrected chi connectivity index (χ4v) is 2.61. The van der Waals surface area contributed by atoms with Crippen LogP contribution in [0.25, 0.3) is 0 Å². The Morgan fingerprint density at radius 2 is 2.00 bits per heavy atom. The summed E-state index contributed by atoms with van der Waals surface area (Å²) in [5.74, 6) is 1.55. The van der Waals surface area contributed by atoms with Gasteiger partial charge in [-0.25, -0.2) is 15.0 Å². The topological polar surface area (TPSA) is 50.7 Å². The highest BCUT2D eigenvalue weighted by Gasteiger charge is 2.11. The van der Waals surface area contributed by atoms with E-state index >= 15 is 0 Å². The van der Waals surface area contributed by atoms with Crippen LogP contribution < -0.4 is 5.32 Å². The van der Waals surface area contributed by atoms with Crippen LogP contribution in [-0.4, -0.2) is 22.0 Å². The largest absolute Gasteiger partial charge is 0.373 e. The van der Waals surface area contributed by atoms with Gasteiger partial charge in [0.25, 0.3) is 0 Å². The quantitative estimate of drug-likeness (QED) is 0.874. The number of halogens is 1. The number of hydrogen-bond donors (Lipinski definition) is 1. The molecule has 0 aromatic carbocycles. The first-order valence-electron chi connectivity index (χ1n) is 5.43. The number of hydrogen-bond acceptors (Lipinski definition) is 5. The molecule has 0 atom stereocenters. The highest BCUT2D eigenvalue weighted by atomic mass is 35.5. The SMILES string of the molecule is CNc1nc(C)nc(Sc2ncccc2Cl)c1C. The summed E-state index contributed by atoms with van der Waals surface area (Å²) in [6.07, 6.45) is 1.72. The van der Waals surface area contributed by atoms with Crippen molar-refractivity contribution in [2.75, 3.05) is 12.4 Å². The van der Waals surface area contributed by atoms with Crippen LogP contribution in [0.4, 0.5) is 5.82 Å². The fraction of sp³-hybridized carbons (Fsp3) is 0.250. The number of aryl methyl sites for hydroxylation is 1. The number of pyridine rings is 1. The minimum absolute atomic E-state index is 0.629. The predicted octanol–water partition coefficient (Wildman–Crippen LogP) is 3.33. The van der Waals surface area contributed by atoms with Gasteiger partial charge in [0.15, 0.2) is 0 Å². The van der Waals surface area contributed by atoms with E-state index in [1.807, 2.05) is 33.0 Å². The second kappa shape index (κ2) is 5.54. The van der Waals surface area contributed by atoms with E-state index < -0.39 is 0 Å². The van der Waals surface area contributed by atoms with Crippen molar-refractivity contribution in [1.82, 2.24) is 15.0 Å². The van der Waals surface area contributed by atoms with Gasteiger partial charge in [0, 0.05) is 18.8 Å². The second-order valence-corrected chi connectivity index (χ2v) is 5.08. The molecule has 2 heterocycles. The van der Waals surface area contributed by atoms with Gasteiger partial charge in [0.2, 0.25) is 0 Å². The lowest BCUT2D eigenvalue weighted by atomic mass is 10.3. The zero-order valence-corrected chi connectivity index (χ0v) is 11.9. The first-order valence-corrected chi connectivity index (χ1v) is 6.62. The van der Waals surface area contributed by atoms with E-state index in [4.69, 9.17) is 11.6 Å². The van der Waals surface area contributed by atoms with Gasteiger partial charge in [0.05, 0.1) is 5.02 Å². The van der Waals surface area contributed by atoms with Crippen LogP contribution >= 0.6 is 23.4 Å². The van der Waals surface area contributed by atoms with Crippen molar-refractivity contribution in [3.05, 3.63) is 34.7 Å². The molecular weight excluding hydrogens is 268 g/mol. The maximum Gasteiger partial charge on any atom is 0.133 e. The molecule has 4 nitrogen and oxygen atoms in total. The van der Waals surface area contributed by atoms with Crippen LogP contribution in [-0.2, 0) is 0 Å². The normalized spacial score (nSPS) is 10.4. The molecule has 0 fully saturated rings. The van der Waals surface area contributed by atoms with E-state index in [2.05, 4.69) is 20.3 Å². The second-order valence-electron chi connectivity index (χ2n) is 3.69. The van der Waals surface area contributed by atoms with E-state index in [1.54, 1.807) is 6.20 Å². The Bertz CT molecular complexity index is 574. The molecule has 0 bridgehead atoms. The van der Waals surface area contributed by atoms with Crippen LogP contribution in [0.5, 0.6) is 0 Å². The lowest BCUT2D eigenvalue weighted by Crippen LogP contribution is -2.02. The third-order valence-electron chi connectivity index (χ3n) is 2.37. The Kier molecular flexibility index (Phi) is 4.04. The van der Waals surface area contributed by atoms with Crippen LogP contribution in [0.3, 0.4) is 0 Å². The van der Waals surface area contributed by atoms with Crippen molar-refractivity contribution in [3.63, 3.8) is 0 Å². The number of rotatable bonds is 3. The van der Waals surface area contributed by atoms with Crippen molar-refractivity contribution in [2.45, 2.75) is 23.9 Å². The molecule has 0 aliphatic carbocycles. The van der Waals surface area contributed by atoms with Crippen molar-refractivity contribution < 1.29 is 0 Å². The summed E-state index contributed by atoms with van der Waals surface area (Å²) in [6.45, 7) is 3.84. The van der Waals surface area contributed by atoms with Gasteiger partial charge in [0.1, 0.15) is 21.7 Å². The van der Waals surface area contributed by atoms with E-state index in [9.17, 15) is 0 Å². The molecule has 2 rings (SSSR count). The van der Waals surface area contributed by atoms with Gasteiger partial charge in [-0.15, -0.1) is 0 Å². The van der Waals surface area contributed by atoms with Gasteiger partial charge >= 0.3 is 0 Å². The monoisotopic (exact) mass is 280 g/mol. The Morgan fingerprint density at radius 3 is 2.67 bits per heavy atom. The van der Waals surface area contributed by atoms with Crippen molar-refractivity contribution in [2.24, 2.45) is 0 Å². The van der Waals surface area contributed by atoms with Crippen molar-refractivity contribution in [3.8, 4) is 0 Å². The Hall–Kier alpha value is -1.33. The highest BCUT2D eigenvalue weighted by molar-refractivity contribution is 7.99. The number of aromatic nitrogens is 3. The molecule has 0 saturated heterocycles. The van der Waals surface area contributed by atoms with E-state index in [1.165, 1.54) is 11.8 Å². The van der Waals surface area contributed by atoms with Gasteiger partial charge in [-0.05, 0) is 37.7 Å². The first-order chi connectivity index (χ1) is 8.61. The molecule has 0 amide bonds. The van der Waals surface area contributed by atoms with Gasteiger partial charge < -0.3 is 5.32 Å². The Labute approximate surface area is 115 Å². The third-order valence-corrected chi connectivity index (χ3v) is 3.89. The minimum atomic E-state index is 0.629. The molecule has 1 N–H and O–H groups in total. The molecule has 94 valence electrons. The molecule has 0 spiro atoms. The molecule has 2 aromatic heterocycles. The summed E-state index contributed by atoms with van der Waals surface area (Å²) < 4.78 is 0. The van der Waals surface area contributed by atoms with E-state index in [0.29, 0.717) is 5.02 Å². The van der Waals surface area contributed by atoms with E-state index in [0.717, 1.165) is 27.3 Å². The number of nitrogens with zero attached hydrogens (tertiary/aromatic N) is 3. The van der Waals surface area contributed by atoms with Gasteiger partial charge in [-0.3, -0.25) is 0 Å². The lowest BCUT2D eigenvalue weighted by molar-refractivity contribution is 0.937. The van der Waals surface area contributed by atoms with E-state index in [-0.39, 0.29) is 0 Å². The van der Waals surface area contributed by atoms with Crippen LogP contribution in [0.1, 0.15) is 11.4 Å². The molecule has 2 aromatic rings. The fourth-order valence-electron chi connectivity index (χ4n) is 1.48. The van der Waals surface area contributed by atoms with Gasteiger partial charge in [-0.2, -0.15) is 0 Å². The zero-order chi connectivity index (χ0) is 13.1. The van der Waals surface area contributed by atoms with Crippen LogP contribution in [0.2, 0.25) is 5.02 Å². The number of anilines is 1. The summed E-state index contributed by atoms with van der Waals surface area (Å²) in [5.41, 5.74) is 0.995.